The first-order valence-electron chi connectivity index (χ1n) is 6.49. The van der Waals surface area contributed by atoms with Crippen molar-refractivity contribution in [1.29, 1.82) is 0 Å². The van der Waals surface area contributed by atoms with E-state index in [1.807, 2.05) is 24.3 Å². The highest BCUT2D eigenvalue weighted by molar-refractivity contribution is 6.30. The van der Waals surface area contributed by atoms with Crippen LogP contribution >= 0.6 is 11.6 Å². The van der Waals surface area contributed by atoms with Gasteiger partial charge in [0.1, 0.15) is 0 Å². The SMILES string of the molecule is CC1CC(CN)(Nc2ccc(Cl)cc2)CCN1C. The lowest BCUT2D eigenvalue weighted by molar-refractivity contribution is 0.147. The minimum atomic E-state index is 0.0136. The monoisotopic (exact) mass is 267 g/mol. The van der Waals surface area contributed by atoms with Gasteiger partial charge in [-0.25, -0.2) is 0 Å². The van der Waals surface area contributed by atoms with Gasteiger partial charge in [-0.3, -0.25) is 0 Å². The van der Waals surface area contributed by atoms with E-state index in [2.05, 4.69) is 24.2 Å². The highest BCUT2D eigenvalue weighted by atomic mass is 35.5. The summed E-state index contributed by atoms with van der Waals surface area (Å²) < 4.78 is 0. The third-order valence-electron chi connectivity index (χ3n) is 4.03. The van der Waals surface area contributed by atoms with Gasteiger partial charge in [0, 0.05) is 29.8 Å². The molecule has 0 amide bonds. The molecule has 0 bridgehead atoms. The Kier molecular flexibility index (Phi) is 4.15. The summed E-state index contributed by atoms with van der Waals surface area (Å²) in [5.74, 6) is 0. The summed E-state index contributed by atoms with van der Waals surface area (Å²) in [7, 11) is 2.17. The number of piperidine rings is 1. The summed E-state index contributed by atoms with van der Waals surface area (Å²) in [5, 5.41) is 4.37. The summed E-state index contributed by atoms with van der Waals surface area (Å²) in [6.07, 6.45) is 2.15. The van der Waals surface area contributed by atoms with Gasteiger partial charge in [-0.2, -0.15) is 0 Å². The number of likely N-dealkylation sites (tertiary alicyclic amines) is 1. The maximum atomic E-state index is 6.02. The Hall–Kier alpha value is -0.770. The maximum absolute atomic E-state index is 6.02. The minimum absolute atomic E-state index is 0.0136. The highest BCUT2D eigenvalue weighted by Crippen LogP contribution is 2.29. The zero-order valence-corrected chi connectivity index (χ0v) is 11.9. The van der Waals surface area contributed by atoms with Gasteiger partial charge in [-0.05, 0) is 51.1 Å². The molecule has 1 heterocycles. The van der Waals surface area contributed by atoms with Gasteiger partial charge < -0.3 is 16.0 Å². The van der Waals surface area contributed by atoms with Crippen LogP contribution in [0.25, 0.3) is 0 Å². The molecule has 2 atom stereocenters. The summed E-state index contributed by atoms with van der Waals surface area (Å²) in [6, 6.07) is 8.41. The molecule has 0 saturated carbocycles. The van der Waals surface area contributed by atoms with Gasteiger partial charge in [0.15, 0.2) is 0 Å². The van der Waals surface area contributed by atoms with Crippen LogP contribution in [0.1, 0.15) is 19.8 Å². The van der Waals surface area contributed by atoms with Crippen LogP contribution in [0.15, 0.2) is 24.3 Å². The first kappa shape index (κ1) is 13.7. The van der Waals surface area contributed by atoms with Crippen LogP contribution in [0, 0.1) is 0 Å². The number of hydrogen-bond donors (Lipinski definition) is 2. The topological polar surface area (TPSA) is 41.3 Å². The Morgan fingerprint density at radius 2 is 2.11 bits per heavy atom. The fraction of sp³-hybridized carbons (Fsp3) is 0.571. The smallest absolute Gasteiger partial charge is 0.0522 e. The summed E-state index contributed by atoms with van der Waals surface area (Å²) in [5.41, 5.74) is 7.13. The number of nitrogens with two attached hydrogens (primary N) is 1. The lowest BCUT2D eigenvalue weighted by atomic mass is 9.83. The molecule has 2 unspecified atom stereocenters. The number of benzene rings is 1. The van der Waals surface area contributed by atoms with Crippen LogP contribution in [-0.2, 0) is 0 Å². The van der Waals surface area contributed by atoms with Crippen molar-refractivity contribution >= 4 is 17.3 Å². The molecule has 18 heavy (non-hydrogen) atoms. The van der Waals surface area contributed by atoms with Crippen molar-refractivity contribution in [3.05, 3.63) is 29.3 Å². The van der Waals surface area contributed by atoms with Gasteiger partial charge in [0.2, 0.25) is 0 Å². The number of nitrogens with one attached hydrogen (secondary N) is 1. The van der Waals surface area contributed by atoms with Crippen molar-refractivity contribution in [2.45, 2.75) is 31.3 Å². The number of rotatable bonds is 3. The Morgan fingerprint density at radius 3 is 2.67 bits per heavy atom. The standard InChI is InChI=1S/C14H22ClN3/c1-11-9-14(10-16,7-8-18(11)2)17-13-5-3-12(15)4-6-13/h3-6,11,17H,7-10,16H2,1-2H3. The van der Waals surface area contributed by atoms with E-state index in [1.165, 1.54) is 0 Å². The Labute approximate surface area is 114 Å². The average molecular weight is 268 g/mol. The molecule has 2 rings (SSSR count). The average Bonchev–Trinajstić information content (AvgIpc) is 2.37. The minimum Gasteiger partial charge on any atom is -0.378 e. The number of nitrogens with zero attached hydrogens (tertiary/aromatic N) is 1. The van der Waals surface area contributed by atoms with Crippen molar-refractivity contribution in [2.75, 3.05) is 25.5 Å². The van der Waals surface area contributed by atoms with Gasteiger partial charge >= 0.3 is 0 Å². The van der Waals surface area contributed by atoms with Crippen molar-refractivity contribution in [3.63, 3.8) is 0 Å². The van der Waals surface area contributed by atoms with E-state index in [9.17, 15) is 0 Å². The van der Waals surface area contributed by atoms with Crippen molar-refractivity contribution in [1.82, 2.24) is 4.90 Å². The van der Waals surface area contributed by atoms with Gasteiger partial charge in [0.05, 0.1) is 5.54 Å². The van der Waals surface area contributed by atoms with Crippen LogP contribution in [0.2, 0.25) is 5.02 Å². The fourth-order valence-electron chi connectivity index (χ4n) is 2.62. The maximum Gasteiger partial charge on any atom is 0.0522 e. The van der Waals surface area contributed by atoms with Crippen molar-refractivity contribution in [3.8, 4) is 0 Å². The second kappa shape index (κ2) is 5.47. The Bertz CT molecular complexity index is 393. The van der Waals surface area contributed by atoms with Crippen molar-refractivity contribution in [2.24, 2.45) is 5.73 Å². The fourth-order valence-corrected chi connectivity index (χ4v) is 2.75. The molecular formula is C14H22ClN3. The Balaban J connectivity index is 2.11. The first-order chi connectivity index (χ1) is 8.54. The van der Waals surface area contributed by atoms with E-state index in [0.29, 0.717) is 12.6 Å². The predicted molar refractivity (Wildman–Crippen MR) is 78.2 cm³/mol. The lowest BCUT2D eigenvalue weighted by Crippen LogP contribution is -2.55. The first-order valence-corrected chi connectivity index (χ1v) is 6.86. The summed E-state index contributed by atoms with van der Waals surface area (Å²) in [6.45, 7) is 4.00. The van der Waals surface area contributed by atoms with Crippen LogP contribution in [0.5, 0.6) is 0 Å². The van der Waals surface area contributed by atoms with Crippen LogP contribution in [0.4, 0.5) is 5.69 Å². The summed E-state index contributed by atoms with van der Waals surface area (Å²) >= 11 is 5.91. The van der Waals surface area contributed by atoms with E-state index in [0.717, 1.165) is 30.1 Å². The van der Waals surface area contributed by atoms with E-state index in [-0.39, 0.29) is 5.54 Å². The Morgan fingerprint density at radius 1 is 1.44 bits per heavy atom. The zero-order valence-electron chi connectivity index (χ0n) is 11.1. The highest BCUT2D eigenvalue weighted by Gasteiger charge is 2.35. The second-order valence-electron chi connectivity index (χ2n) is 5.40. The molecule has 1 aromatic carbocycles. The third-order valence-corrected chi connectivity index (χ3v) is 4.28. The molecule has 4 heteroatoms. The van der Waals surface area contributed by atoms with Gasteiger partial charge in [0.25, 0.3) is 0 Å². The molecule has 3 nitrogen and oxygen atoms in total. The number of anilines is 1. The van der Waals surface area contributed by atoms with Crippen molar-refractivity contribution < 1.29 is 0 Å². The molecule has 1 aliphatic rings. The van der Waals surface area contributed by atoms with Gasteiger partial charge in [-0.15, -0.1) is 0 Å². The van der Waals surface area contributed by atoms with E-state index in [1.54, 1.807) is 0 Å². The van der Waals surface area contributed by atoms with Crippen LogP contribution in [-0.4, -0.2) is 36.6 Å². The summed E-state index contributed by atoms with van der Waals surface area (Å²) in [4.78, 5) is 2.39. The van der Waals surface area contributed by atoms with E-state index in [4.69, 9.17) is 17.3 Å². The number of hydrogen-bond acceptors (Lipinski definition) is 3. The zero-order chi connectivity index (χ0) is 13.2. The molecular weight excluding hydrogens is 246 g/mol. The number of halogens is 1. The molecule has 1 aromatic rings. The third kappa shape index (κ3) is 2.97. The molecule has 0 spiro atoms. The van der Waals surface area contributed by atoms with Crippen LogP contribution in [0.3, 0.4) is 0 Å². The quantitative estimate of drug-likeness (QED) is 0.884. The van der Waals surface area contributed by atoms with E-state index < -0.39 is 0 Å². The molecule has 0 radical (unpaired) electrons. The molecule has 0 aromatic heterocycles. The molecule has 3 N–H and O–H groups in total. The molecule has 100 valence electrons. The molecule has 1 saturated heterocycles. The van der Waals surface area contributed by atoms with Crippen LogP contribution < -0.4 is 11.1 Å². The predicted octanol–water partition coefficient (Wildman–Crippen LogP) is 2.56. The molecule has 1 aliphatic heterocycles. The lowest BCUT2D eigenvalue weighted by Gasteiger charge is -2.45. The largest absolute Gasteiger partial charge is 0.378 e. The molecule has 1 fully saturated rings. The van der Waals surface area contributed by atoms with E-state index >= 15 is 0 Å². The molecule has 0 aliphatic carbocycles. The van der Waals surface area contributed by atoms with Gasteiger partial charge in [-0.1, -0.05) is 11.6 Å². The second-order valence-corrected chi connectivity index (χ2v) is 5.84. The normalized spacial score (nSPS) is 29.2.